The Morgan fingerprint density at radius 1 is 1.47 bits per heavy atom. The van der Waals surface area contributed by atoms with Gasteiger partial charge in [0.2, 0.25) is 0 Å². The van der Waals surface area contributed by atoms with Gasteiger partial charge in [-0.3, -0.25) is 9.48 Å². The number of carbonyl (C=O) groups is 1. The first-order chi connectivity index (χ1) is 9.01. The third kappa shape index (κ3) is 2.96. The number of carbonyl (C=O) groups excluding carboxylic acids is 1. The van der Waals surface area contributed by atoms with E-state index in [9.17, 15) is 4.79 Å². The monoisotopic (exact) mass is 323 g/mol. The first-order valence-electron chi connectivity index (χ1n) is 5.66. The number of nitrogens with zero attached hydrogens (tertiary/aromatic N) is 2. The third-order valence-electron chi connectivity index (χ3n) is 2.68. The lowest BCUT2D eigenvalue weighted by molar-refractivity contribution is 0.102. The summed E-state index contributed by atoms with van der Waals surface area (Å²) in [4.78, 5) is 12.2. The molecule has 1 N–H and O–H groups in total. The minimum Gasteiger partial charge on any atom is -0.497 e. The Morgan fingerprint density at radius 3 is 2.79 bits per heavy atom. The molecule has 0 fully saturated rings. The van der Waals surface area contributed by atoms with Gasteiger partial charge in [0.15, 0.2) is 0 Å². The Balaban J connectivity index is 2.27. The van der Waals surface area contributed by atoms with Crippen molar-refractivity contribution < 1.29 is 9.53 Å². The molecule has 1 aromatic heterocycles. The van der Waals surface area contributed by atoms with Crippen LogP contribution in [0.2, 0.25) is 0 Å². The topological polar surface area (TPSA) is 56.1 Å². The van der Waals surface area contributed by atoms with E-state index in [1.165, 1.54) is 0 Å². The van der Waals surface area contributed by atoms with E-state index in [4.69, 9.17) is 4.74 Å². The van der Waals surface area contributed by atoms with E-state index >= 15 is 0 Å². The van der Waals surface area contributed by atoms with E-state index in [-0.39, 0.29) is 5.91 Å². The van der Waals surface area contributed by atoms with Gasteiger partial charge in [-0.15, -0.1) is 0 Å². The summed E-state index contributed by atoms with van der Waals surface area (Å²) in [6, 6.07) is 5.26. The molecule has 2 aromatic rings. The summed E-state index contributed by atoms with van der Waals surface area (Å²) in [7, 11) is 3.38. The summed E-state index contributed by atoms with van der Waals surface area (Å²) in [6.07, 6.45) is 1.77. The zero-order chi connectivity index (χ0) is 14.0. The number of amides is 1. The standard InChI is InChI=1S/C13H14BrN3O2/c1-8-12(7-17(2)16-8)15-13(18)10-6-9(19-3)4-5-11(10)14/h4-7H,1-3H3,(H,15,18). The fourth-order valence-corrected chi connectivity index (χ4v) is 2.14. The van der Waals surface area contributed by atoms with Crippen molar-refractivity contribution in [1.82, 2.24) is 9.78 Å². The molecule has 5 nitrogen and oxygen atoms in total. The number of rotatable bonds is 3. The minimum atomic E-state index is -0.207. The predicted octanol–water partition coefficient (Wildman–Crippen LogP) is 2.75. The summed E-state index contributed by atoms with van der Waals surface area (Å²) in [5, 5.41) is 7.01. The first kappa shape index (κ1) is 13.6. The van der Waals surface area contributed by atoms with Gasteiger partial charge >= 0.3 is 0 Å². The van der Waals surface area contributed by atoms with Gasteiger partial charge in [0.25, 0.3) is 5.91 Å². The molecule has 0 radical (unpaired) electrons. The van der Waals surface area contributed by atoms with E-state index in [2.05, 4.69) is 26.3 Å². The van der Waals surface area contributed by atoms with Crippen LogP contribution in [0.1, 0.15) is 16.1 Å². The molecular formula is C13H14BrN3O2. The van der Waals surface area contributed by atoms with Crippen LogP contribution in [-0.4, -0.2) is 22.8 Å². The first-order valence-corrected chi connectivity index (χ1v) is 6.45. The van der Waals surface area contributed by atoms with E-state index in [0.29, 0.717) is 21.5 Å². The molecule has 0 unspecified atom stereocenters. The molecule has 1 amide bonds. The van der Waals surface area contributed by atoms with E-state index in [0.717, 1.165) is 5.69 Å². The normalized spacial score (nSPS) is 10.3. The van der Waals surface area contributed by atoms with Crippen molar-refractivity contribution in [3.05, 3.63) is 40.1 Å². The Bertz CT molecular complexity index is 622. The highest BCUT2D eigenvalue weighted by Gasteiger charge is 2.13. The molecule has 0 saturated heterocycles. The van der Waals surface area contributed by atoms with Crippen LogP contribution in [0.3, 0.4) is 0 Å². The predicted molar refractivity (Wildman–Crippen MR) is 76.6 cm³/mol. The highest BCUT2D eigenvalue weighted by atomic mass is 79.9. The van der Waals surface area contributed by atoms with Gasteiger partial charge in [-0.25, -0.2) is 0 Å². The number of aryl methyl sites for hydroxylation is 2. The molecular weight excluding hydrogens is 310 g/mol. The second-order valence-electron chi connectivity index (χ2n) is 4.10. The molecule has 100 valence electrons. The minimum absolute atomic E-state index is 0.207. The van der Waals surface area contributed by atoms with Crippen LogP contribution in [0.4, 0.5) is 5.69 Å². The maximum absolute atomic E-state index is 12.2. The third-order valence-corrected chi connectivity index (χ3v) is 3.37. The number of aromatic nitrogens is 2. The lowest BCUT2D eigenvalue weighted by atomic mass is 10.2. The Morgan fingerprint density at radius 2 is 2.21 bits per heavy atom. The molecule has 19 heavy (non-hydrogen) atoms. The van der Waals surface area contributed by atoms with Gasteiger partial charge in [0, 0.05) is 17.7 Å². The van der Waals surface area contributed by atoms with E-state index in [1.54, 1.807) is 36.2 Å². The van der Waals surface area contributed by atoms with Crippen molar-refractivity contribution in [2.75, 3.05) is 12.4 Å². The van der Waals surface area contributed by atoms with Crippen LogP contribution in [-0.2, 0) is 7.05 Å². The number of methoxy groups -OCH3 is 1. The smallest absolute Gasteiger partial charge is 0.257 e. The fourth-order valence-electron chi connectivity index (χ4n) is 1.72. The van der Waals surface area contributed by atoms with Crippen molar-refractivity contribution in [3.8, 4) is 5.75 Å². The van der Waals surface area contributed by atoms with Gasteiger partial charge in [0.1, 0.15) is 5.75 Å². The maximum atomic E-state index is 12.2. The quantitative estimate of drug-likeness (QED) is 0.944. The zero-order valence-corrected chi connectivity index (χ0v) is 12.5. The van der Waals surface area contributed by atoms with Crippen molar-refractivity contribution in [3.63, 3.8) is 0 Å². The summed E-state index contributed by atoms with van der Waals surface area (Å²) in [5.41, 5.74) is 1.99. The number of anilines is 1. The molecule has 0 aliphatic rings. The number of benzene rings is 1. The van der Waals surface area contributed by atoms with Gasteiger partial charge in [-0.1, -0.05) is 0 Å². The summed E-state index contributed by atoms with van der Waals surface area (Å²) in [5.74, 6) is 0.429. The van der Waals surface area contributed by atoms with Crippen LogP contribution >= 0.6 is 15.9 Å². The molecule has 0 spiro atoms. The molecule has 2 rings (SSSR count). The average molecular weight is 324 g/mol. The number of halogens is 1. The molecule has 1 aromatic carbocycles. The lowest BCUT2D eigenvalue weighted by Crippen LogP contribution is -2.13. The van der Waals surface area contributed by atoms with Gasteiger partial charge in [-0.05, 0) is 41.1 Å². The van der Waals surface area contributed by atoms with Crippen molar-refractivity contribution >= 4 is 27.5 Å². The molecule has 0 saturated carbocycles. The average Bonchev–Trinajstić information content (AvgIpc) is 2.68. The summed E-state index contributed by atoms with van der Waals surface area (Å²) < 4.78 is 7.49. The Kier molecular flexibility index (Phi) is 3.90. The second kappa shape index (κ2) is 5.44. The zero-order valence-electron chi connectivity index (χ0n) is 10.9. The van der Waals surface area contributed by atoms with Crippen LogP contribution in [0.15, 0.2) is 28.9 Å². The van der Waals surface area contributed by atoms with Gasteiger partial charge < -0.3 is 10.1 Å². The number of nitrogens with one attached hydrogen (secondary N) is 1. The Hall–Kier alpha value is -1.82. The summed E-state index contributed by atoms with van der Waals surface area (Å²) in [6.45, 7) is 1.84. The molecule has 0 aliphatic carbocycles. The fraction of sp³-hybridized carbons (Fsp3) is 0.231. The van der Waals surface area contributed by atoms with Crippen molar-refractivity contribution in [2.24, 2.45) is 7.05 Å². The van der Waals surface area contributed by atoms with Crippen LogP contribution in [0.5, 0.6) is 5.75 Å². The molecule has 1 heterocycles. The van der Waals surface area contributed by atoms with E-state index in [1.807, 2.05) is 14.0 Å². The highest BCUT2D eigenvalue weighted by molar-refractivity contribution is 9.10. The summed E-state index contributed by atoms with van der Waals surface area (Å²) >= 11 is 3.36. The van der Waals surface area contributed by atoms with Crippen LogP contribution in [0.25, 0.3) is 0 Å². The van der Waals surface area contributed by atoms with Crippen molar-refractivity contribution in [2.45, 2.75) is 6.92 Å². The molecule has 0 aliphatic heterocycles. The molecule has 0 atom stereocenters. The highest BCUT2D eigenvalue weighted by Crippen LogP contribution is 2.24. The maximum Gasteiger partial charge on any atom is 0.257 e. The number of ether oxygens (including phenoxy) is 1. The second-order valence-corrected chi connectivity index (χ2v) is 4.96. The van der Waals surface area contributed by atoms with Crippen LogP contribution in [0, 0.1) is 6.92 Å². The van der Waals surface area contributed by atoms with Crippen molar-refractivity contribution in [1.29, 1.82) is 0 Å². The van der Waals surface area contributed by atoms with Crippen LogP contribution < -0.4 is 10.1 Å². The lowest BCUT2D eigenvalue weighted by Gasteiger charge is -2.07. The molecule has 6 heteroatoms. The SMILES string of the molecule is COc1ccc(Br)c(C(=O)Nc2cn(C)nc2C)c1. The van der Waals surface area contributed by atoms with Gasteiger partial charge in [0.05, 0.1) is 24.1 Å². The Labute approximate surface area is 119 Å². The van der Waals surface area contributed by atoms with E-state index < -0.39 is 0 Å². The van der Waals surface area contributed by atoms with Gasteiger partial charge in [-0.2, -0.15) is 5.10 Å². The number of hydrogen-bond donors (Lipinski definition) is 1. The number of hydrogen-bond acceptors (Lipinski definition) is 3. The molecule has 0 bridgehead atoms. The largest absolute Gasteiger partial charge is 0.497 e.